The maximum atomic E-state index is 6.02. The molecule has 0 bridgehead atoms. The number of nitrogen functional groups attached to an aromatic ring is 1. The molecule has 0 radical (unpaired) electrons. The van der Waals surface area contributed by atoms with E-state index in [2.05, 4.69) is 15.3 Å². The second kappa shape index (κ2) is 4.73. The minimum absolute atomic E-state index is 0.438. The fourth-order valence-corrected chi connectivity index (χ4v) is 2.24. The zero-order valence-corrected chi connectivity index (χ0v) is 11.3. The van der Waals surface area contributed by atoms with E-state index in [9.17, 15) is 0 Å². The summed E-state index contributed by atoms with van der Waals surface area (Å²) in [6.07, 6.45) is 3.68. The largest absolute Gasteiger partial charge is 0.496 e. The van der Waals surface area contributed by atoms with E-state index >= 15 is 0 Å². The standard InChI is InChI=1S/C14H15N5O/c1-19-8-9(7-16-19)13-12(14(15)18-17-13)10-5-3-4-6-11(10)20-2/h3-8H,1-2H3,(H3,15,17,18). The predicted molar refractivity (Wildman–Crippen MR) is 77.2 cm³/mol. The van der Waals surface area contributed by atoms with Crippen LogP contribution in [0, 0.1) is 0 Å². The Hall–Kier alpha value is -2.76. The first-order valence-electron chi connectivity index (χ1n) is 6.17. The van der Waals surface area contributed by atoms with Crippen LogP contribution in [0.5, 0.6) is 5.75 Å². The Bertz CT molecular complexity index is 744. The summed E-state index contributed by atoms with van der Waals surface area (Å²) >= 11 is 0. The number of nitrogens with one attached hydrogen (secondary N) is 1. The lowest BCUT2D eigenvalue weighted by Crippen LogP contribution is -1.92. The molecule has 0 aliphatic heterocycles. The van der Waals surface area contributed by atoms with Crippen LogP contribution in [0.4, 0.5) is 5.82 Å². The third-order valence-electron chi connectivity index (χ3n) is 3.16. The van der Waals surface area contributed by atoms with Crippen LogP contribution in [0.2, 0.25) is 0 Å². The lowest BCUT2D eigenvalue weighted by molar-refractivity contribution is 0.416. The van der Waals surface area contributed by atoms with E-state index in [1.165, 1.54) is 0 Å². The minimum atomic E-state index is 0.438. The van der Waals surface area contributed by atoms with Crippen LogP contribution in [0.3, 0.4) is 0 Å². The normalized spacial score (nSPS) is 10.7. The fourth-order valence-electron chi connectivity index (χ4n) is 2.24. The molecule has 0 unspecified atom stereocenters. The minimum Gasteiger partial charge on any atom is -0.496 e. The SMILES string of the molecule is COc1ccccc1-c1c(N)n[nH]c1-c1cnn(C)c1. The van der Waals surface area contributed by atoms with Gasteiger partial charge >= 0.3 is 0 Å². The molecule has 0 atom stereocenters. The van der Waals surface area contributed by atoms with E-state index in [1.807, 2.05) is 37.5 Å². The van der Waals surface area contributed by atoms with Crippen LogP contribution in [-0.4, -0.2) is 27.1 Å². The number of nitrogens with zero attached hydrogens (tertiary/aromatic N) is 3. The van der Waals surface area contributed by atoms with Crippen LogP contribution in [0.15, 0.2) is 36.7 Å². The summed E-state index contributed by atoms with van der Waals surface area (Å²) in [4.78, 5) is 0. The Kier molecular flexibility index (Phi) is 2.90. The van der Waals surface area contributed by atoms with Crippen molar-refractivity contribution in [2.24, 2.45) is 7.05 Å². The van der Waals surface area contributed by atoms with Gasteiger partial charge in [-0.1, -0.05) is 18.2 Å². The maximum Gasteiger partial charge on any atom is 0.153 e. The second-order valence-corrected chi connectivity index (χ2v) is 4.46. The summed E-state index contributed by atoms with van der Waals surface area (Å²) in [7, 11) is 3.50. The van der Waals surface area contributed by atoms with Gasteiger partial charge in [-0.05, 0) is 6.07 Å². The number of nitrogens with two attached hydrogens (primary N) is 1. The first-order chi connectivity index (χ1) is 9.70. The molecule has 0 spiro atoms. The summed E-state index contributed by atoms with van der Waals surface area (Å²) in [6.45, 7) is 0. The number of aromatic amines is 1. The van der Waals surface area contributed by atoms with Crippen LogP contribution < -0.4 is 10.5 Å². The molecule has 1 aromatic carbocycles. The van der Waals surface area contributed by atoms with Gasteiger partial charge in [-0.3, -0.25) is 9.78 Å². The average molecular weight is 269 g/mol. The van der Waals surface area contributed by atoms with Crippen LogP contribution in [-0.2, 0) is 7.05 Å². The van der Waals surface area contributed by atoms with Gasteiger partial charge in [0.2, 0.25) is 0 Å². The summed E-state index contributed by atoms with van der Waals surface area (Å²) in [5, 5.41) is 11.3. The number of hydrogen-bond acceptors (Lipinski definition) is 4. The van der Waals surface area contributed by atoms with Gasteiger partial charge < -0.3 is 10.5 Å². The zero-order chi connectivity index (χ0) is 14.1. The van der Waals surface area contributed by atoms with E-state index < -0.39 is 0 Å². The van der Waals surface area contributed by atoms with Crippen molar-refractivity contribution in [1.82, 2.24) is 20.0 Å². The molecule has 6 nitrogen and oxygen atoms in total. The average Bonchev–Trinajstić information content (AvgIpc) is 3.04. The lowest BCUT2D eigenvalue weighted by Gasteiger charge is -2.08. The first kappa shape index (κ1) is 12.3. The number of rotatable bonds is 3. The highest BCUT2D eigenvalue weighted by atomic mass is 16.5. The Morgan fingerprint density at radius 1 is 1.30 bits per heavy atom. The molecule has 6 heteroatoms. The van der Waals surface area contributed by atoms with Crippen molar-refractivity contribution in [3.63, 3.8) is 0 Å². The molecule has 3 N–H and O–H groups in total. The van der Waals surface area contributed by atoms with E-state index in [4.69, 9.17) is 10.5 Å². The number of H-pyrrole nitrogens is 1. The molecule has 0 aliphatic carbocycles. The zero-order valence-electron chi connectivity index (χ0n) is 11.3. The van der Waals surface area contributed by atoms with Gasteiger partial charge in [0.1, 0.15) is 5.75 Å². The summed E-state index contributed by atoms with van der Waals surface area (Å²) in [5.41, 5.74) is 9.51. The third kappa shape index (κ3) is 1.91. The quantitative estimate of drug-likeness (QED) is 0.762. The molecule has 20 heavy (non-hydrogen) atoms. The van der Waals surface area contributed by atoms with Crippen molar-refractivity contribution in [3.8, 4) is 28.1 Å². The highest BCUT2D eigenvalue weighted by molar-refractivity contribution is 5.89. The number of para-hydroxylation sites is 1. The molecule has 2 heterocycles. The van der Waals surface area contributed by atoms with Crippen molar-refractivity contribution in [2.45, 2.75) is 0 Å². The number of methoxy groups -OCH3 is 1. The molecule has 0 fully saturated rings. The second-order valence-electron chi connectivity index (χ2n) is 4.46. The van der Waals surface area contributed by atoms with Gasteiger partial charge in [0, 0.05) is 24.4 Å². The molecular formula is C14H15N5O. The van der Waals surface area contributed by atoms with E-state index in [0.29, 0.717) is 5.82 Å². The highest BCUT2D eigenvalue weighted by Gasteiger charge is 2.18. The van der Waals surface area contributed by atoms with Gasteiger partial charge in [-0.25, -0.2) is 0 Å². The summed E-state index contributed by atoms with van der Waals surface area (Å²) in [5.74, 6) is 1.19. The predicted octanol–water partition coefficient (Wildman–Crippen LogP) is 2.07. The van der Waals surface area contributed by atoms with Crippen molar-refractivity contribution in [3.05, 3.63) is 36.7 Å². The van der Waals surface area contributed by atoms with Crippen molar-refractivity contribution in [2.75, 3.05) is 12.8 Å². The Balaban J connectivity index is 2.21. The van der Waals surface area contributed by atoms with Gasteiger partial charge in [0.25, 0.3) is 0 Å². The van der Waals surface area contributed by atoms with Gasteiger partial charge in [0.05, 0.1) is 24.6 Å². The third-order valence-corrected chi connectivity index (χ3v) is 3.16. The van der Waals surface area contributed by atoms with Crippen LogP contribution >= 0.6 is 0 Å². The fraction of sp³-hybridized carbons (Fsp3) is 0.143. The maximum absolute atomic E-state index is 6.02. The summed E-state index contributed by atoms with van der Waals surface area (Å²) in [6, 6.07) is 7.72. The topological polar surface area (TPSA) is 81.8 Å². The molecule has 3 aromatic rings. The van der Waals surface area contributed by atoms with Gasteiger partial charge in [0.15, 0.2) is 5.82 Å². The Morgan fingerprint density at radius 3 is 2.80 bits per heavy atom. The van der Waals surface area contributed by atoms with Gasteiger partial charge in [-0.15, -0.1) is 0 Å². The molecule has 0 saturated heterocycles. The molecule has 0 saturated carbocycles. The molecule has 0 amide bonds. The number of ether oxygens (including phenoxy) is 1. The van der Waals surface area contributed by atoms with E-state index in [-0.39, 0.29) is 0 Å². The number of hydrogen-bond donors (Lipinski definition) is 2. The smallest absolute Gasteiger partial charge is 0.153 e. The van der Waals surface area contributed by atoms with Crippen molar-refractivity contribution in [1.29, 1.82) is 0 Å². The van der Waals surface area contributed by atoms with Gasteiger partial charge in [-0.2, -0.15) is 10.2 Å². The Labute approximate surface area is 116 Å². The molecule has 2 aromatic heterocycles. The number of benzene rings is 1. The first-order valence-corrected chi connectivity index (χ1v) is 6.17. The number of aromatic nitrogens is 4. The van der Waals surface area contributed by atoms with E-state index in [1.54, 1.807) is 18.0 Å². The van der Waals surface area contributed by atoms with E-state index in [0.717, 1.165) is 28.1 Å². The van der Waals surface area contributed by atoms with Crippen LogP contribution in [0.1, 0.15) is 0 Å². The molecule has 0 aliphatic rings. The monoisotopic (exact) mass is 269 g/mol. The lowest BCUT2D eigenvalue weighted by atomic mass is 10.0. The number of anilines is 1. The van der Waals surface area contributed by atoms with Crippen LogP contribution in [0.25, 0.3) is 22.4 Å². The molecular weight excluding hydrogens is 254 g/mol. The number of aryl methyl sites for hydroxylation is 1. The van der Waals surface area contributed by atoms with Crippen molar-refractivity contribution >= 4 is 5.82 Å². The Morgan fingerprint density at radius 2 is 2.10 bits per heavy atom. The molecule has 3 rings (SSSR count). The summed E-state index contributed by atoms with van der Waals surface area (Å²) < 4.78 is 7.14. The highest BCUT2D eigenvalue weighted by Crippen LogP contribution is 2.39. The van der Waals surface area contributed by atoms with Crippen molar-refractivity contribution < 1.29 is 4.74 Å². The molecule has 102 valence electrons.